The van der Waals surface area contributed by atoms with Crippen molar-refractivity contribution >= 4 is 0 Å². The third kappa shape index (κ3) is 3.60. The van der Waals surface area contributed by atoms with Crippen LogP contribution in [0.3, 0.4) is 0 Å². The molecule has 1 N–H and O–H groups in total. The van der Waals surface area contributed by atoms with Crippen LogP contribution in [0.5, 0.6) is 0 Å². The maximum atomic E-state index is 5.27. The summed E-state index contributed by atoms with van der Waals surface area (Å²) < 4.78 is 11.9. The Morgan fingerprint density at radius 2 is 2.28 bits per heavy atom. The summed E-state index contributed by atoms with van der Waals surface area (Å²) in [5, 5.41) is 18.9. The van der Waals surface area contributed by atoms with Gasteiger partial charge in [0.15, 0.2) is 0 Å². The zero-order valence-electron chi connectivity index (χ0n) is 10.5. The summed E-state index contributed by atoms with van der Waals surface area (Å²) in [5.41, 5.74) is 0.863. The van der Waals surface area contributed by atoms with E-state index in [9.17, 15) is 0 Å². The van der Waals surface area contributed by atoms with Gasteiger partial charge in [0.05, 0.1) is 18.5 Å². The molecule has 2 heterocycles. The number of hydrogen-bond donors (Lipinski definition) is 1. The number of nitrogens with one attached hydrogen (secondary N) is 1. The zero-order chi connectivity index (χ0) is 12.8. The molecule has 0 fully saturated rings. The van der Waals surface area contributed by atoms with E-state index in [4.69, 9.17) is 9.15 Å². The van der Waals surface area contributed by atoms with Crippen LogP contribution in [0.25, 0.3) is 0 Å². The van der Waals surface area contributed by atoms with Gasteiger partial charge in [-0.05, 0) is 0 Å². The summed E-state index contributed by atoms with van der Waals surface area (Å²) in [5.74, 6) is 1.07. The highest BCUT2D eigenvalue weighted by Gasteiger charge is 2.05. The van der Waals surface area contributed by atoms with Crippen LogP contribution in [0, 0.1) is 6.92 Å². The van der Waals surface area contributed by atoms with E-state index < -0.39 is 0 Å². The number of ether oxygens (including phenoxy) is 1. The van der Waals surface area contributed by atoms with Crippen LogP contribution >= 0.6 is 0 Å². The first kappa shape index (κ1) is 12.7. The molecule has 0 unspecified atom stereocenters. The molecule has 18 heavy (non-hydrogen) atoms. The molecule has 0 atom stereocenters. The lowest BCUT2D eigenvalue weighted by molar-refractivity contribution is 0.199. The lowest BCUT2D eigenvalue weighted by Gasteiger charge is -1.99. The minimum absolute atomic E-state index is 0.436. The van der Waals surface area contributed by atoms with Gasteiger partial charge < -0.3 is 14.5 Å². The first-order chi connectivity index (χ1) is 8.78. The first-order valence-corrected chi connectivity index (χ1v) is 5.65. The van der Waals surface area contributed by atoms with Crippen molar-refractivity contribution in [2.75, 3.05) is 20.3 Å². The number of aromatic nitrogens is 5. The van der Waals surface area contributed by atoms with Gasteiger partial charge in [-0.1, -0.05) is 5.21 Å². The Morgan fingerprint density at radius 3 is 3.00 bits per heavy atom. The average Bonchev–Trinajstić information content (AvgIpc) is 2.95. The molecule has 0 saturated heterocycles. The molecule has 2 rings (SSSR count). The topological polar surface area (TPSA) is 90.9 Å². The molecule has 2 aromatic rings. The van der Waals surface area contributed by atoms with E-state index in [-0.39, 0.29) is 0 Å². The highest BCUT2D eigenvalue weighted by atomic mass is 16.5. The Labute approximate surface area is 104 Å². The third-order valence-corrected chi connectivity index (χ3v) is 2.24. The standard InChI is InChI=1S/C10H16N6O2/c1-8-12-14-10(18-8)7-16-6-9(13-15-16)5-11-3-4-17-2/h6,11H,3-5,7H2,1-2H3. The van der Waals surface area contributed by atoms with Gasteiger partial charge in [0.2, 0.25) is 11.8 Å². The minimum Gasteiger partial charge on any atom is -0.424 e. The van der Waals surface area contributed by atoms with Crippen molar-refractivity contribution in [3.63, 3.8) is 0 Å². The number of rotatable bonds is 7. The fourth-order valence-electron chi connectivity index (χ4n) is 1.43. The summed E-state index contributed by atoms with van der Waals surface area (Å²) in [6, 6.07) is 0. The second-order valence-corrected chi connectivity index (χ2v) is 3.79. The molecule has 0 saturated carbocycles. The lowest BCUT2D eigenvalue weighted by Crippen LogP contribution is -2.18. The Kier molecular flexibility index (Phi) is 4.37. The Hall–Kier alpha value is -1.80. The van der Waals surface area contributed by atoms with E-state index >= 15 is 0 Å². The van der Waals surface area contributed by atoms with Crippen molar-refractivity contribution in [2.45, 2.75) is 20.0 Å². The van der Waals surface area contributed by atoms with Crippen molar-refractivity contribution in [3.8, 4) is 0 Å². The van der Waals surface area contributed by atoms with Crippen molar-refractivity contribution in [2.24, 2.45) is 0 Å². The van der Waals surface area contributed by atoms with Gasteiger partial charge in [-0.15, -0.1) is 15.3 Å². The molecule has 0 bridgehead atoms. The van der Waals surface area contributed by atoms with E-state index in [1.165, 1.54) is 0 Å². The monoisotopic (exact) mass is 252 g/mol. The van der Waals surface area contributed by atoms with Gasteiger partial charge in [0.1, 0.15) is 6.54 Å². The van der Waals surface area contributed by atoms with Crippen LogP contribution < -0.4 is 5.32 Å². The number of hydrogen-bond acceptors (Lipinski definition) is 7. The molecule has 0 spiro atoms. The molecule has 2 aromatic heterocycles. The molecule has 0 amide bonds. The van der Waals surface area contributed by atoms with Crippen molar-refractivity contribution in [1.82, 2.24) is 30.5 Å². The first-order valence-electron chi connectivity index (χ1n) is 5.65. The summed E-state index contributed by atoms with van der Waals surface area (Å²) in [6.07, 6.45) is 1.85. The van der Waals surface area contributed by atoms with Gasteiger partial charge in [-0.25, -0.2) is 4.68 Å². The predicted octanol–water partition coefficient (Wildman–Crippen LogP) is -0.246. The van der Waals surface area contributed by atoms with Crippen molar-refractivity contribution in [3.05, 3.63) is 23.7 Å². The maximum Gasteiger partial charge on any atom is 0.237 e. The van der Waals surface area contributed by atoms with Crippen molar-refractivity contribution < 1.29 is 9.15 Å². The summed E-state index contributed by atoms with van der Waals surface area (Å²) in [6.45, 7) is 4.31. The Balaban J connectivity index is 1.82. The Morgan fingerprint density at radius 1 is 1.39 bits per heavy atom. The largest absolute Gasteiger partial charge is 0.424 e. The van der Waals surface area contributed by atoms with Crippen LogP contribution in [-0.4, -0.2) is 45.5 Å². The molecular weight excluding hydrogens is 236 g/mol. The molecule has 0 aliphatic rings. The van der Waals surface area contributed by atoms with Gasteiger partial charge in [0.25, 0.3) is 0 Å². The highest BCUT2D eigenvalue weighted by Crippen LogP contribution is 2.01. The summed E-state index contributed by atoms with van der Waals surface area (Å²) >= 11 is 0. The molecule has 8 nitrogen and oxygen atoms in total. The molecule has 0 aliphatic carbocycles. The lowest BCUT2D eigenvalue weighted by atomic mass is 10.4. The maximum absolute atomic E-state index is 5.27. The fraction of sp³-hybridized carbons (Fsp3) is 0.600. The van der Waals surface area contributed by atoms with E-state index in [1.54, 1.807) is 18.7 Å². The molecule has 0 aliphatic heterocycles. The number of methoxy groups -OCH3 is 1. The normalized spacial score (nSPS) is 11.0. The number of aryl methyl sites for hydroxylation is 1. The zero-order valence-corrected chi connectivity index (χ0v) is 10.5. The van der Waals surface area contributed by atoms with Crippen LogP contribution in [0.4, 0.5) is 0 Å². The van der Waals surface area contributed by atoms with Crippen LogP contribution in [0.1, 0.15) is 17.5 Å². The van der Waals surface area contributed by atoms with E-state index in [1.807, 2.05) is 6.20 Å². The second kappa shape index (κ2) is 6.22. The van der Waals surface area contributed by atoms with Gasteiger partial charge >= 0.3 is 0 Å². The SMILES string of the molecule is COCCNCc1cn(Cc2nnc(C)o2)nn1. The smallest absolute Gasteiger partial charge is 0.237 e. The van der Waals surface area contributed by atoms with Crippen LogP contribution in [0.15, 0.2) is 10.6 Å². The molecule has 0 radical (unpaired) electrons. The van der Waals surface area contributed by atoms with Gasteiger partial charge in [-0.2, -0.15) is 0 Å². The molecular formula is C10H16N6O2. The van der Waals surface area contributed by atoms with E-state index in [2.05, 4.69) is 25.8 Å². The van der Waals surface area contributed by atoms with Crippen LogP contribution in [0.2, 0.25) is 0 Å². The van der Waals surface area contributed by atoms with Crippen molar-refractivity contribution in [1.29, 1.82) is 0 Å². The average molecular weight is 252 g/mol. The summed E-state index contributed by atoms with van der Waals surface area (Å²) in [7, 11) is 1.67. The molecule has 98 valence electrons. The Bertz CT molecular complexity index is 480. The molecule has 0 aromatic carbocycles. The second-order valence-electron chi connectivity index (χ2n) is 3.79. The number of nitrogens with zero attached hydrogens (tertiary/aromatic N) is 5. The molecule has 8 heteroatoms. The highest BCUT2D eigenvalue weighted by molar-refractivity contribution is 4.93. The predicted molar refractivity (Wildman–Crippen MR) is 61.7 cm³/mol. The quantitative estimate of drug-likeness (QED) is 0.679. The van der Waals surface area contributed by atoms with E-state index in [0.29, 0.717) is 31.5 Å². The van der Waals surface area contributed by atoms with Gasteiger partial charge in [0, 0.05) is 27.1 Å². The van der Waals surface area contributed by atoms with Gasteiger partial charge in [-0.3, -0.25) is 0 Å². The van der Waals surface area contributed by atoms with Crippen LogP contribution in [-0.2, 0) is 17.8 Å². The minimum atomic E-state index is 0.436. The summed E-state index contributed by atoms with van der Waals surface area (Å²) in [4.78, 5) is 0. The fourth-order valence-corrected chi connectivity index (χ4v) is 1.43. The van der Waals surface area contributed by atoms with E-state index in [0.717, 1.165) is 12.2 Å². The third-order valence-electron chi connectivity index (χ3n) is 2.24.